The highest BCUT2D eigenvalue weighted by Gasteiger charge is 2.22. The van der Waals surface area contributed by atoms with E-state index in [1.54, 1.807) is 6.92 Å². The van der Waals surface area contributed by atoms with Gasteiger partial charge in [-0.25, -0.2) is 4.39 Å². The maximum Gasteiger partial charge on any atom is 0.272 e. The zero-order valence-electron chi connectivity index (χ0n) is 11.3. The van der Waals surface area contributed by atoms with Gasteiger partial charge in [-0.1, -0.05) is 13.8 Å². The van der Waals surface area contributed by atoms with E-state index in [0.29, 0.717) is 12.3 Å². The number of nitrogens with zero attached hydrogens (tertiary/aromatic N) is 1. The van der Waals surface area contributed by atoms with Crippen molar-refractivity contribution < 1.29 is 14.4 Å². The number of non-ortho nitro benzene ring substituents is 1. The summed E-state index contributed by atoms with van der Waals surface area (Å²) >= 11 is 0. The Bertz CT molecular complexity index is 461. The summed E-state index contributed by atoms with van der Waals surface area (Å²) in [5.41, 5.74) is -1.10. The molecule has 0 fully saturated rings. The molecule has 0 heterocycles. The average Bonchev–Trinajstić information content (AvgIpc) is 2.25. The molecule has 0 spiro atoms. The molecule has 0 radical (unpaired) electrons. The minimum absolute atomic E-state index is 0.148. The molecule has 2 N–H and O–H groups in total. The first kappa shape index (κ1) is 15.4. The summed E-state index contributed by atoms with van der Waals surface area (Å²) in [7, 11) is 0. The highest BCUT2D eigenvalue weighted by Crippen LogP contribution is 2.22. The molecule has 1 unspecified atom stereocenters. The van der Waals surface area contributed by atoms with Crippen molar-refractivity contribution in [2.45, 2.75) is 32.8 Å². The van der Waals surface area contributed by atoms with Crippen molar-refractivity contribution in [3.05, 3.63) is 34.1 Å². The predicted molar refractivity (Wildman–Crippen MR) is 71.6 cm³/mol. The minimum Gasteiger partial charge on any atom is -0.388 e. The van der Waals surface area contributed by atoms with E-state index in [2.05, 4.69) is 5.32 Å². The molecular formula is C13H19FN2O3. The molecule has 1 aromatic rings. The monoisotopic (exact) mass is 270 g/mol. The van der Waals surface area contributed by atoms with Gasteiger partial charge in [0, 0.05) is 12.6 Å². The Morgan fingerprint density at radius 3 is 2.63 bits per heavy atom. The molecule has 1 rings (SSSR count). The first-order chi connectivity index (χ1) is 8.71. The number of aliphatic hydroxyl groups is 1. The molecule has 0 aliphatic heterocycles. The van der Waals surface area contributed by atoms with Crippen LogP contribution in [0.25, 0.3) is 0 Å². The number of anilines is 1. The number of nitrogens with one attached hydrogen (secondary N) is 1. The van der Waals surface area contributed by atoms with Crippen LogP contribution in [0.2, 0.25) is 0 Å². The third-order valence-electron chi connectivity index (χ3n) is 2.67. The molecular weight excluding hydrogens is 251 g/mol. The lowest BCUT2D eigenvalue weighted by Crippen LogP contribution is -2.35. The van der Waals surface area contributed by atoms with Gasteiger partial charge < -0.3 is 10.4 Å². The lowest BCUT2D eigenvalue weighted by atomic mass is 9.94. The second-order valence-electron chi connectivity index (χ2n) is 5.37. The largest absolute Gasteiger partial charge is 0.388 e. The third kappa shape index (κ3) is 4.82. The molecule has 1 aromatic carbocycles. The second-order valence-corrected chi connectivity index (χ2v) is 5.37. The van der Waals surface area contributed by atoms with Crippen molar-refractivity contribution in [2.24, 2.45) is 5.92 Å². The van der Waals surface area contributed by atoms with Gasteiger partial charge in [0.1, 0.15) is 0 Å². The van der Waals surface area contributed by atoms with E-state index < -0.39 is 16.3 Å². The standard InChI is InChI=1S/C13H19FN2O3/c1-9(2)7-13(3,17)8-15-12-5-4-10(16(18)19)6-11(12)14/h4-6,9,15,17H,7-8H2,1-3H3. The van der Waals surface area contributed by atoms with Crippen LogP contribution in [0.3, 0.4) is 0 Å². The molecule has 106 valence electrons. The molecule has 0 aliphatic rings. The van der Waals surface area contributed by atoms with Crippen molar-refractivity contribution in [2.75, 3.05) is 11.9 Å². The Kier molecular flexibility index (Phi) is 4.83. The van der Waals surface area contributed by atoms with E-state index in [-0.39, 0.29) is 17.9 Å². The summed E-state index contributed by atoms with van der Waals surface area (Å²) in [5, 5.41) is 23.3. The second kappa shape index (κ2) is 5.97. The molecule has 5 nitrogen and oxygen atoms in total. The maximum absolute atomic E-state index is 13.6. The lowest BCUT2D eigenvalue weighted by molar-refractivity contribution is -0.385. The summed E-state index contributed by atoms with van der Waals surface area (Å²) in [6, 6.07) is 3.39. The molecule has 0 aliphatic carbocycles. The number of hydrogen-bond donors (Lipinski definition) is 2. The summed E-state index contributed by atoms with van der Waals surface area (Å²) in [4.78, 5) is 9.83. The van der Waals surface area contributed by atoms with Crippen molar-refractivity contribution in [3.8, 4) is 0 Å². The quantitative estimate of drug-likeness (QED) is 0.615. The van der Waals surface area contributed by atoms with Gasteiger partial charge in [-0.3, -0.25) is 10.1 Å². The Morgan fingerprint density at radius 1 is 1.53 bits per heavy atom. The van der Waals surface area contributed by atoms with Gasteiger partial charge in [0.15, 0.2) is 5.82 Å². The van der Waals surface area contributed by atoms with Gasteiger partial charge in [0.25, 0.3) is 5.69 Å². The van der Waals surface area contributed by atoms with Crippen LogP contribution in [-0.2, 0) is 0 Å². The number of halogens is 1. The molecule has 19 heavy (non-hydrogen) atoms. The maximum atomic E-state index is 13.6. The van der Waals surface area contributed by atoms with Crippen molar-refractivity contribution in [1.29, 1.82) is 0 Å². The number of hydrogen-bond acceptors (Lipinski definition) is 4. The molecule has 0 aromatic heterocycles. The van der Waals surface area contributed by atoms with E-state index in [1.807, 2.05) is 13.8 Å². The van der Waals surface area contributed by atoms with E-state index in [0.717, 1.165) is 6.07 Å². The van der Waals surface area contributed by atoms with E-state index >= 15 is 0 Å². The summed E-state index contributed by atoms with van der Waals surface area (Å²) in [6.07, 6.45) is 0.578. The van der Waals surface area contributed by atoms with Gasteiger partial charge in [-0.05, 0) is 25.3 Å². The van der Waals surface area contributed by atoms with Gasteiger partial charge in [0.05, 0.1) is 22.3 Å². The fourth-order valence-electron chi connectivity index (χ4n) is 2.00. The van der Waals surface area contributed by atoms with Crippen LogP contribution in [-0.4, -0.2) is 22.2 Å². The normalized spacial score (nSPS) is 14.2. The molecule has 1 atom stereocenters. The van der Waals surface area contributed by atoms with Crippen LogP contribution in [0, 0.1) is 21.8 Å². The number of benzene rings is 1. The van der Waals surface area contributed by atoms with Crippen LogP contribution < -0.4 is 5.32 Å². The minimum atomic E-state index is -0.956. The van der Waals surface area contributed by atoms with Crippen LogP contribution in [0.5, 0.6) is 0 Å². The van der Waals surface area contributed by atoms with Crippen LogP contribution in [0.15, 0.2) is 18.2 Å². The molecule has 0 bridgehead atoms. The molecule has 0 amide bonds. The summed E-state index contributed by atoms with van der Waals surface area (Å²) < 4.78 is 13.6. The predicted octanol–water partition coefficient (Wildman–Crippen LogP) is 2.94. The van der Waals surface area contributed by atoms with Crippen LogP contribution >= 0.6 is 0 Å². The average molecular weight is 270 g/mol. The Morgan fingerprint density at radius 2 is 2.16 bits per heavy atom. The molecule has 0 saturated heterocycles. The summed E-state index contributed by atoms with van der Waals surface area (Å²) in [6.45, 7) is 5.82. The fraction of sp³-hybridized carbons (Fsp3) is 0.538. The van der Waals surface area contributed by atoms with Crippen molar-refractivity contribution >= 4 is 11.4 Å². The van der Waals surface area contributed by atoms with Gasteiger partial charge >= 0.3 is 0 Å². The first-order valence-electron chi connectivity index (χ1n) is 6.11. The summed E-state index contributed by atoms with van der Waals surface area (Å²) in [5.74, 6) is -0.381. The van der Waals surface area contributed by atoms with E-state index in [1.165, 1.54) is 12.1 Å². The Labute approximate surface area is 111 Å². The third-order valence-corrected chi connectivity index (χ3v) is 2.67. The van der Waals surface area contributed by atoms with Crippen LogP contribution in [0.1, 0.15) is 27.2 Å². The highest BCUT2D eigenvalue weighted by atomic mass is 19.1. The topological polar surface area (TPSA) is 75.4 Å². The van der Waals surface area contributed by atoms with Crippen LogP contribution in [0.4, 0.5) is 15.8 Å². The number of nitro benzene ring substituents is 1. The number of nitro groups is 1. The van der Waals surface area contributed by atoms with Crippen molar-refractivity contribution in [1.82, 2.24) is 0 Å². The fourth-order valence-corrected chi connectivity index (χ4v) is 2.00. The number of rotatable bonds is 6. The van der Waals surface area contributed by atoms with E-state index in [4.69, 9.17) is 0 Å². The smallest absolute Gasteiger partial charge is 0.272 e. The van der Waals surface area contributed by atoms with Gasteiger partial charge in [-0.15, -0.1) is 0 Å². The first-order valence-corrected chi connectivity index (χ1v) is 6.11. The zero-order valence-corrected chi connectivity index (χ0v) is 11.3. The van der Waals surface area contributed by atoms with Gasteiger partial charge in [0.2, 0.25) is 0 Å². The zero-order chi connectivity index (χ0) is 14.6. The van der Waals surface area contributed by atoms with Gasteiger partial charge in [-0.2, -0.15) is 0 Å². The molecule has 6 heteroatoms. The SMILES string of the molecule is CC(C)CC(C)(O)CNc1ccc([N+](=O)[O-])cc1F. The van der Waals surface area contributed by atoms with E-state index in [9.17, 15) is 19.6 Å². The van der Waals surface area contributed by atoms with Crippen molar-refractivity contribution in [3.63, 3.8) is 0 Å². The Balaban J connectivity index is 2.71. The lowest BCUT2D eigenvalue weighted by Gasteiger charge is -2.26. The molecule has 0 saturated carbocycles. The Hall–Kier alpha value is -1.69. The highest BCUT2D eigenvalue weighted by molar-refractivity contribution is 5.50.